The second-order valence-corrected chi connectivity index (χ2v) is 1.99. The standard InChI is InChI=1S/C7H11NO3/c1-3-6(9)5(8)4-7(10)11-2/h3,5H,1,4,8H2,2H3. The van der Waals surface area contributed by atoms with Gasteiger partial charge in [-0.3, -0.25) is 9.59 Å². The smallest absolute Gasteiger partial charge is 0.307 e. The van der Waals surface area contributed by atoms with Gasteiger partial charge in [-0.15, -0.1) is 0 Å². The average Bonchev–Trinajstić information content (AvgIpc) is 2.02. The van der Waals surface area contributed by atoms with Crippen molar-refractivity contribution in [2.45, 2.75) is 12.5 Å². The number of ketones is 1. The van der Waals surface area contributed by atoms with Crippen molar-refractivity contribution in [3.05, 3.63) is 12.7 Å². The Morgan fingerprint density at radius 1 is 1.73 bits per heavy atom. The highest BCUT2D eigenvalue weighted by Crippen LogP contribution is 1.92. The molecule has 1 atom stereocenters. The quantitative estimate of drug-likeness (QED) is 0.446. The summed E-state index contributed by atoms with van der Waals surface area (Å²) in [5.41, 5.74) is 5.28. The number of hydrogen-bond donors (Lipinski definition) is 1. The van der Waals surface area contributed by atoms with E-state index in [9.17, 15) is 9.59 Å². The summed E-state index contributed by atoms with van der Waals surface area (Å²) in [6.07, 6.45) is 0.995. The second-order valence-electron chi connectivity index (χ2n) is 1.99. The van der Waals surface area contributed by atoms with Gasteiger partial charge in [-0.25, -0.2) is 0 Å². The molecular formula is C7H11NO3. The maximum absolute atomic E-state index is 10.7. The Balaban J connectivity index is 3.86. The van der Waals surface area contributed by atoms with Crippen LogP contribution in [0.15, 0.2) is 12.7 Å². The predicted molar refractivity (Wildman–Crippen MR) is 39.8 cm³/mol. The lowest BCUT2D eigenvalue weighted by Gasteiger charge is -2.04. The summed E-state index contributed by atoms with van der Waals surface area (Å²) in [7, 11) is 1.24. The number of nitrogens with two attached hydrogens (primary N) is 1. The van der Waals surface area contributed by atoms with Crippen LogP contribution in [-0.4, -0.2) is 24.9 Å². The number of esters is 1. The maximum atomic E-state index is 10.7. The second kappa shape index (κ2) is 4.62. The highest BCUT2D eigenvalue weighted by Gasteiger charge is 2.14. The minimum Gasteiger partial charge on any atom is -0.469 e. The Bertz CT molecular complexity index is 177. The summed E-state index contributed by atoms with van der Waals surface area (Å²) in [6.45, 7) is 3.23. The minimum atomic E-state index is -0.819. The van der Waals surface area contributed by atoms with E-state index in [0.29, 0.717) is 0 Å². The SMILES string of the molecule is C=CC(=O)C(N)CC(=O)OC. The molecule has 0 fully saturated rings. The lowest BCUT2D eigenvalue weighted by Crippen LogP contribution is -2.31. The Hall–Kier alpha value is -1.16. The van der Waals surface area contributed by atoms with Gasteiger partial charge < -0.3 is 10.5 Å². The molecule has 0 rings (SSSR count). The van der Waals surface area contributed by atoms with Crippen LogP contribution in [0.4, 0.5) is 0 Å². The van der Waals surface area contributed by atoms with Crippen molar-refractivity contribution in [1.29, 1.82) is 0 Å². The molecule has 0 amide bonds. The van der Waals surface area contributed by atoms with E-state index >= 15 is 0 Å². The molecule has 4 nitrogen and oxygen atoms in total. The van der Waals surface area contributed by atoms with Crippen molar-refractivity contribution in [2.75, 3.05) is 7.11 Å². The number of methoxy groups -OCH3 is 1. The maximum Gasteiger partial charge on any atom is 0.307 e. The topological polar surface area (TPSA) is 69.4 Å². The Labute approximate surface area is 65.0 Å². The fraction of sp³-hybridized carbons (Fsp3) is 0.429. The molecule has 62 valence electrons. The summed E-state index contributed by atoms with van der Waals surface area (Å²) < 4.78 is 4.31. The van der Waals surface area contributed by atoms with Gasteiger partial charge in [0.1, 0.15) is 0 Å². The zero-order valence-electron chi connectivity index (χ0n) is 6.37. The first-order valence-electron chi connectivity index (χ1n) is 3.10. The van der Waals surface area contributed by atoms with Crippen LogP contribution >= 0.6 is 0 Å². The Kier molecular flexibility index (Phi) is 4.14. The fourth-order valence-corrected chi connectivity index (χ4v) is 0.515. The van der Waals surface area contributed by atoms with E-state index in [2.05, 4.69) is 11.3 Å². The number of carbonyl (C=O) groups excluding carboxylic acids is 2. The van der Waals surface area contributed by atoms with Crippen molar-refractivity contribution in [3.8, 4) is 0 Å². The van der Waals surface area contributed by atoms with Gasteiger partial charge in [0.2, 0.25) is 0 Å². The zero-order chi connectivity index (χ0) is 8.85. The van der Waals surface area contributed by atoms with Gasteiger partial charge in [0.05, 0.1) is 19.6 Å². The third kappa shape index (κ3) is 3.52. The van der Waals surface area contributed by atoms with Gasteiger partial charge in [-0.05, 0) is 6.08 Å². The summed E-state index contributed by atoms with van der Waals surface area (Å²) in [6, 6.07) is -0.819. The van der Waals surface area contributed by atoms with E-state index in [1.165, 1.54) is 7.11 Å². The van der Waals surface area contributed by atoms with E-state index in [-0.39, 0.29) is 12.2 Å². The summed E-state index contributed by atoms with van der Waals surface area (Å²) in [5.74, 6) is -0.844. The molecule has 11 heavy (non-hydrogen) atoms. The molecule has 4 heteroatoms. The van der Waals surface area contributed by atoms with Gasteiger partial charge in [0, 0.05) is 0 Å². The largest absolute Gasteiger partial charge is 0.469 e. The van der Waals surface area contributed by atoms with Crippen LogP contribution in [0.2, 0.25) is 0 Å². The molecular weight excluding hydrogens is 146 g/mol. The monoisotopic (exact) mass is 157 g/mol. The van der Waals surface area contributed by atoms with Crippen LogP contribution in [0.1, 0.15) is 6.42 Å². The lowest BCUT2D eigenvalue weighted by atomic mass is 10.1. The molecule has 0 aromatic heterocycles. The van der Waals surface area contributed by atoms with Crippen molar-refractivity contribution < 1.29 is 14.3 Å². The number of carbonyl (C=O) groups is 2. The first-order valence-corrected chi connectivity index (χ1v) is 3.10. The van der Waals surface area contributed by atoms with E-state index in [1.807, 2.05) is 0 Å². The van der Waals surface area contributed by atoms with E-state index in [0.717, 1.165) is 6.08 Å². The van der Waals surface area contributed by atoms with Crippen molar-refractivity contribution in [1.82, 2.24) is 0 Å². The third-order valence-electron chi connectivity index (χ3n) is 1.18. The summed E-state index contributed by atoms with van der Waals surface area (Å²) in [4.78, 5) is 21.3. The van der Waals surface area contributed by atoms with Crippen LogP contribution in [0, 0.1) is 0 Å². The fourth-order valence-electron chi connectivity index (χ4n) is 0.515. The highest BCUT2D eigenvalue weighted by atomic mass is 16.5. The van der Waals surface area contributed by atoms with E-state index < -0.39 is 12.0 Å². The molecule has 0 heterocycles. The minimum absolute atomic E-state index is 0.0959. The molecule has 0 aromatic rings. The Morgan fingerprint density at radius 3 is 2.64 bits per heavy atom. The summed E-state index contributed by atoms with van der Waals surface area (Å²) in [5, 5.41) is 0. The van der Waals surface area contributed by atoms with Crippen LogP contribution in [-0.2, 0) is 14.3 Å². The third-order valence-corrected chi connectivity index (χ3v) is 1.18. The van der Waals surface area contributed by atoms with Crippen LogP contribution in [0.3, 0.4) is 0 Å². The normalized spacial score (nSPS) is 11.8. The molecule has 1 unspecified atom stereocenters. The van der Waals surface area contributed by atoms with Crippen molar-refractivity contribution in [3.63, 3.8) is 0 Å². The molecule has 0 aliphatic heterocycles. The zero-order valence-corrected chi connectivity index (χ0v) is 6.37. The van der Waals surface area contributed by atoms with E-state index in [1.54, 1.807) is 0 Å². The first-order chi connectivity index (χ1) is 5.11. The van der Waals surface area contributed by atoms with Gasteiger partial charge in [-0.1, -0.05) is 6.58 Å². The van der Waals surface area contributed by atoms with Gasteiger partial charge in [-0.2, -0.15) is 0 Å². The van der Waals surface area contributed by atoms with Crippen molar-refractivity contribution in [2.24, 2.45) is 5.73 Å². The molecule has 0 radical (unpaired) electrons. The molecule has 0 spiro atoms. The molecule has 0 aliphatic rings. The number of rotatable bonds is 4. The van der Waals surface area contributed by atoms with Gasteiger partial charge in [0.25, 0.3) is 0 Å². The van der Waals surface area contributed by atoms with Gasteiger partial charge >= 0.3 is 5.97 Å². The molecule has 0 bridgehead atoms. The summed E-state index contributed by atoms with van der Waals surface area (Å²) >= 11 is 0. The first kappa shape index (κ1) is 9.84. The number of ether oxygens (including phenoxy) is 1. The van der Waals surface area contributed by atoms with Crippen LogP contribution in [0.5, 0.6) is 0 Å². The molecule has 2 N–H and O–H groups in total. The Morgan fingerprint density at radius 2 is 2.27 bits per heavy atom. The van der Waals surface area contributed by atoms with Crippen molar-refractivity contribution >= 4 is 11.8 Å². The molecule has 0 saturated carbocycles. The van der Waals surface area contributed by atoms with Crippen LogP contribution in [0.25, 0.3) is 0 Å². The molecule has 0 saturated heterocycles. The highest BCUT2D eigenvalue weighted by molar-refractivity contribution is 5.95. The van der Waals surface area contributed by atoms with Crippen LogP contribution < -0.4 is 5.73 Å². The average molecular weight is 157 g/mol. The lowest BCUT2D eigenvalue weighted by molar-refractivity contribution is -0.142. The molecule has 0 aromatic carbocycles. The number of hydrogen-bond acceptors (Lipinski definition) is 4. The molecule has 0 aliphatic carbocycles. The van der Waals surface area contributed by atoms with Gasteiger partial charge in [0.15, 0.2) is 5.78 Å². The van der Waals surface area contributed by atoms with E-state index in [4.69, 9.17) is 5.73 Å². The predicted octanol–water partition coefficient (Wildman–Crippen LogP) is -0.368.